The minimum absolute atomic E-state index is 0.0218. The van der Waals surface area contributed by atoms with Crippen LogP contribution in [0.2, 0.25) is 0 Å². The van der Waals surface area contributed by atoms with Gasteiger partial charge in [-0.25, -0.2) is 9.78 Å². The quantitative estimate of drug-likeness (QED) is 0.161. The van der Waals surface area contributed by atoms with Crippen molar-refractivity contribution < 1.29 is 34.2 Å². The summed E-state index contributed by atoms with van der Waals surface area (Å²) < 4.78 is 0. The molecule has 4 amide bonds. The molecule has 0 aromatic carbocycles. The van der Waals surface area contributed by atoms with E-state index >= 15 is 0 Å². The van der Waals surface area contributed by atoms with Crippen molar-refractivity contribution in [2.45, 2.75) is 69.3 Å². The highest BCUT2D eigenvalue weighted by Gasteiger charge is 2.39. The highest BCUT2D eigenvalue weighted by Crippen LogP contribution is 2.19. The largest absolute Gasteiger partial charge is 0.480 e. The minimum Gasteiger partial charge on any atom is -0.480 e. The van der Waals surface area contributed by atoms with Crippen LogP contribution in [-0.4, -0.2) is 91.5 Å². The zero-order chi connectivity index (χ0) is 25.4. The molecule has 14 heteroatoms. The summed E-state index contributed by atoms with van der Waals surface area (Å²) in [5.74, 6) is -4.05. The molecule has 1 aliphatic heterocycles. The van der Waals surface area contributed by atoms with Gasteiger partial charge in [0, 0.05) is 31.3 Å². The first-order valence-corrected chi connectivity index (χ1v) is 10.8. The summed E-state index contributed by atoms with van der Waals surface area (Å²) in [6, 6.07) is -4.80. The summed E-state index contributed by atoms with van der Waals surface area (Å²) in [6.45, 7) is 1.49. The third-order valence-corrected chi connectivity index (χ3v) is 5.52. The maximum atomic E-state index is 13.2. The van der Waals surface area contributed by atoms with E-state index in [1.807, 2.05) is 0 Å². The van der Waals surface area contributed by atoms with Crippen LogP contribution in [0.5, 0.6) is 0 Å². The van der Waals surface area contributed by atoms with Gasteiger partial charge in [0.15, 0.2) is 0 Å². The van der Waals surface area contributed by atoms with Crippen LogP contribution in [-0.2, 0) is 30.4 Å². The summed E-state index contributed by atoms with van der Waals surface area (Å²) in [4.78, 5) is 68.8. The van der Waals surface area contributed by atoms with E-state index in [0.717, 1.165) is 0 Å². The lowest BCUT2D eigenvalue weighted by Crippen LogP contribution is -2.60. The molecule has 0 radical (unpaired) electrons. The van der Waals surface area contributed by atoms with Crippen LogP contribution < -0.4 is 22.1 Å². The number of hydrogen-bond acceptors (Lipinski definition) is 8. The van der Waals surface area contributed by atoms with Crippen LogP contribution in [0, 0.1) is 0 Å². The van der Waals surface area contributed by atoms with Gasteiger partial charge in [-0.2, -0.15) is 0 Å². The Morgan fingerprint density at radius 1 is 1.26 bits per heavy atom. The zero-order valence-electron chi connectivity index (χ0n) is 18.8. The van der Waals surface area contributed by atoms with Gasteiger partial charge in [-0.3, -0.25) is 19.2 Å². The van der Waals surface area contributed by atoms with Gasteiger partial charge in [0.2, 0.25) is 23.6 Å². The number of aromatic nitrogens is 2. The molecule has 9 N–H and O–H groups in total. The van der Waals surface area contributed by atoms with E-state index in [9.17, 15) is 34.2 Å². The van der Waals surface area contributed by atoms with E-state index in [2.05, 4.69) is 20.6 Å². The van der Waals surface area contributed by atoms with Crippen LogP contribution in [0.25, 0.3) is 0 Å². The SMILES string of the molecule is CC(O)C(NC(=O)C(N)CCC(N)=O)C(=O)NC(Cc1cnc[nH]1)C(=O)N1CCCC1C(=O)O. The number of H-pyrrole nitrogens is 1. The summed E-state index contributed by atoms with van der Waals surface area (Å²) in [5.41, 5.74) is 11.3. The number of nitrogens with two attached hydrogens (primary N) is 2. The van der Waals surface area contributed by atoms with E-state index in [-0.39, 0.29) is 25.8 Å². The Morgan fingerprint density at radius 3 is 2.53 bits per heavy atom. The predicted molar refractivity (Wildman–Crippen MR) is 117 cm³/mol. The lowest BCUT2D eigenvalue weighted by Gasteiger charge is -2.29. The Labute approximate surface area is 195 Å². The Morgan fingerprint density at radius 2 is 1.97 bits per heavy atom. The molecule has 34 heavy (non-hydrogen) atoms. The standard InChI is InChI=1S/C20H31N7O7/c1-10(28)16(26-17(30)12(21)4-5-15(22)29)18(31)25-13(7-11-8-23-9-24-11)19(32)27-6-2-3-14(27)20(33)34/h8-10,12-14,16,28H,2-7,21H2,1H3,(H2,22,29)(H,23,24)(H,25,31)(H,26,30)(H,33,34). The number of carbonyl (C=O) groups is 5. The molecule has 0 aliphatic carbocycles. The average molecular weight is 482 g/mol. The Balaban J connectivity index is 2.16. The molecule has 0 saturated carbocycles. The lowest BCUT2D eigenvalue weighted by molar-refractivity contribution is -0.149. The maximum Gasteiger partial charge on any atom is 0.326 e. The van der Waals surface area contributed by atoms with Crippen molar-refractivity contribution in [2.75, 3.05) is 6.54 Å². The van der Waals surface area contributed by atoms with Crippen LogP contribution in [0.15, 0.2) is 12.5 Å². The molecule has 0 bridgehead atoms. The first-order chi connectivity index (χ1) is 16.0. The number of rotatable bonds is 12. The Bertz CT molecular complexity index is 890. The van der Waals surface area contributed by atoms with E-state index in [1.54, 1.807) is 0 Å². The lowest BCUT2D eigenvalue weighted by atomic mass is 10.1. The molecule has 1 saturated heterocycles. The van der Waals surface area contributed by atoms with E-state index < -0.39 is 59.9 Å². The number of carbonyl (C=O) groups excluding carboxylic acids is 4. The van der Waals surface area contributed by atoms with Crippen molar-refractivity contribution in [3.63, 3.8) is 0 Å². The molecular formula is C20H31N7O7. The number of aliphatic hydroxyl groups is 1. The van der Waals surface area contributed by atoms with Crippen molar-refractivity contribution in [3.05, 3.63) is 18.2 Å². The number of aliphatic hydroxyl groups excluding tert-OH is 1. The normalized spacial score (nSPS) is 19.0. The van der Waals surface area contributed by atoms with Gasteiger partial charge in [-0.05, 0) is 26.2 Å². The molecule has 2 heterocycles. The molecule has 1 aliphatic rings. The second kappa shape index (κ2) is 12.1. The number of nitrogens with one attached hydrogen (secondary N) is 3. The summed E-state index contributed by atoms with van der Waals surface area (Å²) in [5, 5.41) is 24.3. The first-order valence-electron chi connectivity index (χ1n) is 10.8. The fourth-order valence-electron chi connectivity index (χ4n) is 3.66. The van der Waals surface area contributed by atoms with E-state index in [1.165, 1.54) is 24.3 Å². The zero-order valence-corrected chi connectivity index (χ0v) is 18.8. The van der Waals surface area contributed by atoms with Crippen molar-refractivity contribution in [1.82, 2.24) is 25.5 Å². The number of aromatic amines is 1. The molecule has 14 nitrogen and oxygen atoms in total. The van der Waals surface area contributed by atoms with Crippen LogP contribution in [0.4, 0.5) is 0 Å². The molecule has 0 spiro atoms. The van der Waals surface area contributed by atoms with Crippen LogP contribution >= 0.6 is 0 Å². The Kier molecular flexibility index (Phi) is 9.50. The number of amides is 4. The fourth-order valence-corrected chi connectivity index (χ4v) is 3.66. The van der Waals surface area contributed by atoms with Gasteiger partial charge in [0.25, 0.3) is 0 Å². The van der Waals surface area contributed by atoms with Crippen molar-refractivity contribution in [1.29, 1.82) is 0 Å². The average Bonchev–Trinajstić information content (AvgIpc) is 3.46. The smallest absolute Gasteiger partial charge is 0.326 e. The summed E-state index contributed by atoms with van der Waals surface area (Å²) >= 11 is 0. The number of aliphatic carboxylic acids is 1. The molecule has 1 aromatic rings. The number of imidazole rings is 1. The fraction of sp³-hybridized carbons (Fsp3) is 0.600. The number of primary amides is 1. The molecule has 1 fully saturated rings. The van der Waals surface area contributed by atoms with Gasteiger partial charge in [-0.1, -0.05) is 0 Å². The monoisotopic (exact) mass is 481 g/mol. The van der Waals surface area contributed by atoms with E-state index in [4.69, 9.17) is 11.5 Å². The highest BCUT2D eigenvalue weighted by molar-refractivity contribution is 5.94. The van der Waals surface area contributed by atoms with Gasteiger partial charge >= 0.3 is 5.97 Å². The summed E-state index contributed by atoms with van der Waals surface area (Å²) in [7, 11) is 0. The molecule has 188 valence electrons. The van der Waals surface area contributed by atoms with Crippen molar-refractivity contribution >= 4 is 29.6 Å². The van der Waals surface area contributed by atoms with Gasteiger partial charge < -0.3 is 42.2 Å². The van der Waals surface area contributed by atoms with Gasteiger partial charge in [0.05, 0.1) is 18.5 Å². The van der Waals surface area contributed by atoms with Gasteiger partial charge in [-0.15, -0.1) is 0 Å². The number of hydrogen-bond donors (Lipinski definition) is 7. The second-order valence-corrected chi connectivity index (χ2v) is 8.21. The molecule has 5 atom stereocenters. The molecule has 2 rings (SSSR count). The third-order valence-electron chi connectivity index (χ3n) is 5.52. The number of nitrogens with zero attached hydrogens (tertiary/aromatic N) is 2. The summed E-state index contributed by atoms with van der Waals surface area (Å²) in [6.07, 6.45) is 2.07. The first kappa shape index (κ1) is 26.7. The van der Waals surface area contributed by atoms with Crippen molar-refractivity contribution in [2.24, 2.45) is 11.5 Å². The Hall–Kier alpha value is -3.52. The second-order valence-electron chi connectivity index (χ2n) is 8.21. The number of carboxylic acid groups (broad SMARTS) is 1. The highest BCUT2D eigenvalue weighted by atomic mass is 16.4. The predicted octanol–water partition coefficient (Wildman–Crippen LogP) is -3.03. The molecular weight excluding hydrogens is 450 g/mol. The van der Waals surface area contributed by atoms with E-state index in [0.29, 0.717) is 18.5 Å². The molecule has 1 aromatic heterocycles. The topological polar surface area (TPSA) is 234 Å². The number of likely N-dealkylation sites (tertiary alicyclic amines) is 1. The van der Waals surface area contributed by atoms with Crippen LogP contribution in [0.1, 0.15) is 38.3 Å². The number of carboxylic acids is 1. The maximum absolute atomic E-state index is 13.2. The van der Waals surface area contributed by atoms with Crippen LogP contribution in [0.3, 0.4) is 0 Å². The molecule has 5 unspecified atom stereocenters. The van der Waals surface area contributed by atoms with Crippen molar-refractivity contribution in [3.8, 4) is 0 Å². The third kappa shape index (κ3) is 7.25. The van der Waals surface area contributed by atoms with Gasteiger partial charge in [0.1, 0.15) is 18.1 Å². The minimum atomic E-state index is -1.46.